The molecule has 0 amide bonds. The maximum absolute atomic E-state index is 3.88. The third kappa shape index (κ3) is 5.30. The minimum atomic E-state index is 0.508. The molecule has 2 heteroatoms. The largest absolute Gasteiger partial charge is 0.313 e. The summed E-state index contributed by atoms with van der Waals surface area (Å²) in [6.45, 7) is 8.52. The van der Waals surface area contributed by atoms with E-state index in [1.807, 2.05) is 0 Å². The summed E-state index contributed by atoms with van der Waals surface area (Å²) >= 11 is 2.20. The molecule has 3 unspecified atom stereocenters. The molecule has 1 saturated heterocycles. The first-order valence-electron chi connectivity index (χ1n) is 8.40. The summed E-state index contributed by atoms with van der Waals surface area (Å²) < 4.78 is 0. The minimum Gasteiger partial charge on any atom is -0.313 e. The van der Waals surface area contributed by atoms with E-state index >= 15 is 0 Å². The molecular formula is C17H33NS. The Balaban J connectivity index is 1.70. The number of rotatable bonds is 3. The van der Waals surface area contributed by atoms with Gasteiger partial charge in [-0.15, -0.1) is 0 Å². The van der Waals surface area contributed by atoms with Crippen LogP contribution in [0.25, 0.3) is 0 Å². The Morgan fingerprint density at radius 2 is 1.79 bits per heavy atom. The van der Waals surface area contributed by atoms with E-state index in [-0.39, 0.29) is 0 Å². The number of thioether (sulfide) groups is 1. The molecule has 0 spiro atoms. The van der Waals surface area contributed by atoms with Gasteiger partial charge in [0.2, 0.25) is 0 Å². The van der Waals surface area contributed by atoms with Crippen molar-refractivity contribution in [3.63, 3.8) is 0 Å². The Morgan fingerprint density at radius 1 is 0.947 bits per heavy atom. The van der Waals surface area contributed by atoms with Crippen molar-refractivity contribution in [3.8, 4) is 0 Å². The molecule has 3 atom stereocenters. The van der Waals surface area contributed by atoms with Crippen molar-refractivity contribution >= 4 is 11.8 Å². The standard InChI is InChI=1S/C17H33NS/c1-17(2,3)14-7-6-8-15(11-10-14)18-13-16-9-4-5-12-19-16/h14-16,18H,4-13H2,1-3H3. The Morgan fingerprint density at radius 3 is 2.47 bits per heavy atom. The summed E-state index contributed by atoms with van der Waals surface area (Å²) in [5.41, 5.74) is 0.508. The number of hydrogen-bond donors (Lipinski definition) is 1. The fraction of sp³-hybridized carbons (Fsp3) is 1.00. The van der Waals surface area contributed by atoms with Crippen LogP contribution >= 0.6 is 11.8 Å². The van der Waals surface area contributed by atoms with E-state index in [1.54, 1.807) is 0 Å². The van der Waals surface area contributed by atoms with E-state index in [4.69, 9.17) is 0 Å². The highest BCUT2D eigenvalue weighted by Gasteiger charge is 2.27. The molecule has 112 valence electrons. The van der Waals surface area contributed by atoms with Crippen molar-refractivity contribution in [1.29, 1.82) is 0 Å². The molecule has 19 heavy (non-hydrogen) atoms. The second kappa shape index (κ2) is 7.36. The molecule has 1 nitrogen and oxygen atoms in total. The molecule has 0 bridgehead atoms. The molecule has 0 radical (unpaired) electrons. The van der Waals surface area contributed by atoms with Crippen molar-refractivity contribution in [2.75, 3.05) is 12.3 Å². The quantitative estimate of drug-likeness (QED) is 0.743. The Hall–Kier alpha value is 0.310. The van der Waals surface area contributed by atoms with Crippen LogP contribution in [0, 0.1) is 11.3 Å². The van der Waals surface area contributed by atoms with E-state index in [1.165, 1.54) is 63.7 Å². The van der Waals surface area contributed by atoms with Crippen LogP contribution in [0.1, 0.15) is 72.1 Å². The predicted molar refractivity (Wildman–Crippen MR) is 87.9 cm³/mol. The van der Waals surface area contributed by atoms with Crippen LogP contribution in [-0.4, -0.2) is 23.6 Å². The van der Waals surface area contributed by atoms with Crippen LogP contribution in [0.2, 0.25) is 0 Å². The van der Waals surface area contributed by atoms with Crippen LogP contribution in [-0.2, 0) is 0 Å². The SMILES string of the molecule is CC(C)(C)C1CCCC(NCC2CCCCS2)CC1. The normalized spacial score (nSPS) is 33.9. The van der Waals surface area contributed by atoms with E-state index in [0.29, 0.717) is 5.41 Å². The highest BCUT2D eigenvalue weighted by atomic mass is 32.2. The van der Waals surface area contributed by atoms with Gasteiger partial charge in [-0.3, -0.25) is 0 Å². The zero-order valence-electron chi connectivity index (χ0n) is 13.2. The lowest BCUT2D eigenvalue weighted by molar-refractivity contribution is 0.213. The van der Waals surface area contributed by atoms with E-state index in [0.717, 1.165) is 17.2 Å². The summed E-state index contributed by atoms with van der Waals surface area (Å²) in [5, 5.41) is 4.78. The second-order valence-electron chi connectivity index (χ2n) is 7.66. The first kappa shape index (κ1) is 15.7. The minimum absolute atomic E-state index is 0.508. The average molecular weight is 284 g/mol. The third-order valence-electron chi connectivity index (χ3n) is 5.10. The number of nitrogens with one attached hydrogen (secondary N) is 1. The third-order valence-corrected chi connectivity index (χ3v) is 6.50. The van der Waals surface area contributed by atoms with Gasteiger partial charge >= 0.3 is 0 Å². The molecule has 1 heterocycles. The predicted octanol–water partition coefficient (Wildman–Crippen LogP) is 4.86. The summed E-state index contributed by atoms with van der Waals surface area (Å²) in [6, 6.07) is 0.801. The van der Waals surface area contributed by atoms with Gasteiger partial charge in [-0.2, -0.15) is 11.8 Å². The molecule has 0 aromatic heterocycles. The fourth-order valence-corrected chi connectivity index (χ4v) is 4.89. The molecule has 1 aliphatic carbocycles. The molecule has 1 aliphatic heterocycles. The van der Waals surface area contributed by atoms with Gasteiger partial charge in [-0.05, 0) is 55.6 Å². The Kier molecular flexibility index (Phi) is 6.08. The molecule has 0 aromatic carbocycles. The lowest BCUT2D eigenvalue weighted by atomic mass is 9.76. The van der Waals surface area contributed by atoms with Crippen LogP contribution in [0.4, 0.5) is 0 Å². The summed E-state index contributed by atoms with van der Waals surface area (Å²) in [4.78, 5) is 0. The highest BCUT2D eigenvalue weighted by Crippen LogP contribution is 2.36. The Labute approximate surface area is 124 Å². The van der Waals surface area contributed by atoms with Crippen molar-refractivity contribution in [2.24, 2.45) is 11.3 Å². The Bertz CT molecular complexity index is 252. The monoisotopic (exact) mass is 283 g/mol. The van der Waals surface area contributed by atoms with Crippen molar-refractivity contribution < 1.29 is 0 Å². The van der Waals surface area contributed by atoms with Crippen LogP contribution in [0.3, 0.4) is 0 Å². The van der Waals surface area contributed by atoms with Gasteiger partial charge in [-0.1, -0.05) is 33.6 Å². The average Bonchev–Trinajstić information content (AvgIpc) is 2.62. The van der Waals surface area contributed by atoms with Crippen molar-refractivity contribution in [2.45, 2.75) is 83.4 Å². The van der Waals surface area contributed by atoms with Crippen LogP contribution in [0.15, 0.2) is 0 Å². The van der Waals surface area contributed by atoms with Gasteiger partial charge in [0.05, 0.1) is 0 Å². The summed E-state index contributed by atoms with van der Waals surface area (Å²) in [5.74, 6) is 2.33. The first-order chi connectivity index (χ1) is 9.05. The smallest absolute Gasteiger partial charge is 0.0172 e. The first-order valence-corrected chi connectivity index (χ1v) is 9.45. The summed E-state index contributed by atoms with van der Waals surface area (Å²) in [7, 11) is 0. The lowest BCUT2D eigenvalue weighted by Crippen LogP contribution is -2.35. The molecule has 1 saturated carbocycles. The summed E-state index contributed by atoms with van der Waals surface area (Å²) in [6.07, 6.45) is 11.4. The molecule has 1 N–H and O–H groups in total. The van der Waals surface area contributed by atoms with Gasteiger partial charge in [0.25, 0.3) is 0 Å². The van der Waals surface area contributed by atoms with Crippen LogP contribution in [0.5, 0.6) is 0 Å². The zero-order chi connectivity index (χ0) is 13.7. The van der Waals surface area contributed by atoms with E-state index in [2.05, 4.69) is 37.8 Å². The van der Waals surface area contributed by atoms with Crippen LogP contribution < -0.4 is 5.32 Å². The maximum atomic E-state index is 3.88. The van der Waals surface area contributed by atoms with Gasteiger partial charge in [0.1, 0.15) is 0 Å². The van der Waals surface area contributed by atoms with E-state index < -0.39 is 0 Å². The second-order valence-corrected chi connectivity index (χ2v) is 9.07. The topological polar surface area (TPSA) is 12.0 Å². The number of hydrogen-bond acceptors (Lipinski definition) is 2. The zero-order valence-corrected chi connectivity index (χ0v) is 14.0. The van der Waals surface area contributed by atoms with E-state index in [9.17, 15) is 0 Å². The molecule has 2 rings (SSSR count). The molecule has 2 fully saturated rings. The molecular weight excluding hydrogens is 250 g/mol. The van der Waals surface area contributed by atoms with Gasteiger partial charge < -0.3 is 5.32 Å². The highest BCUT2D eigenvalue weighted by molar-refractivity contribution is 7.99. The maximum Gasteiger partial charge on any atom is 0.0172 e. The van der Waals surface area contributed by atoms with Crippen molar-refractivity contribution in [1.82, 2.24) is 5.32 Å². The fourth-order valence-electron chi connectivity index (χ4n) is 3.64. The van der Waals surface area contributed by atoms with Gasteiger partial charge in [0.15, 0.2) is 0 Å². The lowest BCUT2D eigenvalue weighted by Gasteiger charge is -2.30. The van der Waals surface area contributed by atoms with Crippen molar-refractivity contribution in [3.05, 3.63) is 0 Å². The van der Waals surface area contributed by atoms with Gasteiger partial charge in [-0.25, -0.2) is 0 Å². The van der Waals surface area contributed by atoms with Gasteiger partial charge in [0, 0.05) is 17.8 Å². The molecule has 0 aromatic rings. The molecule has 2 aliphatic rings.